The average molecular weight is 1140 g/mol. The quantitative estimate of drug-likeness (QED) is 0.0476. The van der Waals surface area contributed by atoms with Gasteiger partial charge in [-0.3, -0.25) is 19.2 Å². The monoisotopic (exact) mass is 1140 g/mol. The second-order valence-corrected chi connectivity index (χ2v) is 16.6. The molecule has 0 saturated heterocycles. The number of esters is 8. The van der Waals surface area contributed by atoms with Crippen LogP contribution in [0.3, 0.4) is 0 Å². The highest BCUT2D eigenvalue weighted by molar-refractivity contribution is 6.02. The first-order valence-electron chi connectivity index (χ1n) is 24.0. The molecule has 0 unspecified atom stereocenters. The van der Waals surface area contributed by atoms with Crippen LogP contribution in [0.15, 0.2) is 121 Å². The van der Waals surface area contributed by atoms with Crippen molar-refractivity contribution < 1.29 is 114 Å². The lowest BCUT2D eigenvalue weighted by Gasteiger charge is -2.27. The molecule has 4 aromatic rings. The predicted molar refractivity (Wildman–Crippen MR) is 272 cm³/mol. The van der Waals surface area contributed by atoms with E-state index in [2.05, 4.69) is 20.1 Å². The molecular formula is C54H54N4O24. The topological polar surface area (TPSA) is 379 Å². The number of carbonyl (C=O) groups is 14. The molecule has 28 heteroatoms. The molecule has 434 valence electrons. The summed E-state index contributed by atoms with van der Waals surface area (Å²) in [5, 5.41) is 8.19. The van der Waals surface area contributed by atoms with Gasteiger partial charge in [0.05, 0.1) is 62.8 Å². The summed E-state index contributed by atoms with van der Waals surface area (Å²) in [5.41, 5.74) is -0.326. The Morgan fingerprint density at radius 1 is 0.329 bits per heavy atom. The van der Waals surface area contributed by atoms with Crippen molar-refractivity contribution in [3.05, 3.63) is 144 Å². The smallest absolute Gasteiger partial charge is 0.408 e. The van der Waals surface area contributed by atoms with Gasteiger partial charge in [-0.25, -0.2) is 47.9 Å². The molecule has 0 aliphatic carbocycles. The highest BCUT2D eigenvalue weighted by Gasteiger charge is 2.46. The third-order valence-electron chi connectivity index (χ3n) is 11.0. The molecule has 0 saturated carbocycles. The minimum Gasteiger partial charge on any atom is -0.466 e. The molecule has 4 N–H and O–H groups in total. The zero-order valence-corrected chi connectivity index (χ0v) is 44.4. The molecule has 28 nitrogen and oxygen atoms in total. The molecule has 0 aliphatic rings. The fourth-order valence-corrected chi connectivity index (χ4v) is 6.81. The van der Waals surface area contributed by atoms with Crippen molar-refractivity contribution >= 4 is 83.3 Å². The highest BCUT2D eigenvalue weighted by atomic mass is 16.7. The summed E-state index contributed by atoms with van der Waals surface area (Å²) in [6.07, 6.45) is -17.3. The van der Waals surface area contributed by atoms with E-state index in [9.17, 15) is 67.1 Å². The van der Waals surface area contributed by atoms with E-state index in [0.717, 1.165) is 42.3 Å². The summed E-state index contributed by atoms with van der Waals surface area (Å²) in [5.74, 6) is -15.1. The van der Waals surface area contributed by atoms with Crippen LogP contribution >= 0.6 is 0 Å². The zero-order chi connectivity index (χ0) is 60.5. The van der Waals surface area contributed by atoms with Crippen molar-refractivity contribution in [1.82, 2.24) is 21.3 Å². The Labute approximate surface area is 465 Å². The van der Waals surface area contributed by atoms with Gasteiger partial charge in [0, 0.05) is 0 Å². The van der Waals surface area contributed by atoms with Crippen LogP contribution in [0.1, 0.15) is 55.3 Å². The summed E-state index contributed by atoms with van der Waals surface area (Å²) in [4.78, 5) is 185. The number of alkyl carbamates (subject to hydrolysis) is 2. The van der Waals surface area contributed by atoms with E-state index in [0.29, 0.717) is 0 Å². The van der Waals surface area contributed by atoms with Gasteiger partial charge in [-0.2, -0.15) is 0 Å². The SMILES string of the molecule is COC(=O)[C@@H](OC(=O)NCC(=O)N[C@@H](C)C(=O)[C@H](OC(=O)c1ccccc1)[C@@H](OC(=O)c1ccccc1)C(=O)OC)[C@@H](OC(=O)NCC(=O)N[C@@H](C)C(=O)[C@H](OC(=O)c1ccccc1)[C@@H](OC(=O)c1ccccc1)C(=O)OC)C(=O)OC. The fraction of sp³-hybridized carbons (Fsp3) is 0.296. The van der Waals surface area contributed by atoms with Crippen LogP contribution < -0.4 is 21.3 Å². The number of hydrogen-bond donors (Lipinski definition) is 4. The number of methoxy groups -OCH3 is 4. The van der Waals surface area contributed by atoms with Gasteiger partial charge in [0.15, 0.2) is 11.6 Å². The Bertz CT molecular complexity index is 2760. The van der Waals surface area contributed by atoms with Gasteiger partial charge < -0.3 is 68.6 Å². The molecule has 82 heavy (non-hydrogen) atoms. The van der Waals surface area contributed by atoms with E-state index >= 15 is 0 Å². The standard InChI is InChI=1S/C54H54N4O24/c1-29(37(61)39(77-45(63)31-19-11-7-12-20-31)41(49(67)73-3)79-47(65)33-23-15-9-16-24-33)57-35(59)27-55-53(71)81-43(51(69)75-5)44(52(70)76-6)82-54(72)56-28-36(60)58-30(2)38(62)40(78-46(64)32-21-13-8-14-22-32)42(50(68)74-4)80-48(66)34-25-17-10-18-26-34/h7-26,29-30,39-44H,27-28H2,1-6H3,(H,55,71)(H,56,72)(H,57,59)(H,58,60)/t29-,30-,39-,40-,41+,42+,43-,44+/m0/s1. The Morgan fingerprint density at radius 2 is 0.549 bits per heavy atom. The molecule has 0 aromatic heterocycles. The number of carbonyl (C=O) groups excluding carboxylic acids is 14. The third-order valence-corrected chi connectivity index (χ3v) is 11.0. The van der Waals surface area contributed by atoms with Crippen LogP contribution in [0.4, 0.5) is 9.59 Å². The van der Waals surface area contributed by atoms with Crippen LogP contribution in [0.2, 0.25) is 0 Å². The van der Waals surface area contributed by atoms with Crippen molar-refractivity contribution in [2.24, 2.45) is 0 Å². The number of benzene rings is 4. The van der Waals surface area contributed by atoms with Gasteiger partial charge in [-0.1, -0.05) is 72.8 Å². The van der Waals surface area contributed by atoms with Crippen molar-refractivity contribution in [3.63, 3.8) is 0 Å². The van der Waals surface area contributed by atoms with E-state index in [1.165, 1.54) is 97.1 Å². The van der Waals surface area contributed by atoms with Gasteiger partial charge in [-0.15, -0.1) is 0 Å². The molecule has 0 radical (unpaired) electrons. The van der Waals surface area contributed by atoms with E-state index in [-0.39, 0.29) is 22.3 Å². The number of nitrogens with one attached hydrogen (secondary N) is 4. The molecular weight excluding hydrogens is 1090 g/mol. The summed E-state index contributed by atoms with van der Waals surface area (Å²) < 4.78 is 50.1. The lowest BCUT2D eigenvalue weighted by Crippen LogP contribution is -2.54. The molecule has 4 aromatic carbocycles. The Balaban J connectivity index is 1.42. The number of Topliss-reactive ketones (excluding diaryl/α,β-unsaturated/α-hetero) is 2. The summed E-state index contributed by atoms with van der Waals surface area (Å²) in [6, 6.07) is 25.2. The largest absolute Gasteiger partial charge is 0.466 e. The molecule has 8 atom stereocenters. The first-order valence-corrected chi connectivity index (χ1v) is 24.0. The van der Waals surface area contributed by atoms with E-state index in [4.69, 9.17) is 37.9 Å². The van der Waals surface area contributed by atoms with E-state index < -0.39 is 145 Å². The molecule has 0 spiro atoms. The van der Waals surface area contributed by atoms with Gasteiger partial charge in [0.1, 0.15) is 13.1 Å². The Kier molecular flexibility index (Phi) is 24.8. The molecule has 4 rings (SSSR count). The number of ketones is 2. The zero-order valence-electron chi connectivity index (χ0n) is 44.4. The Hall–Kier alpha value is -10.5. The van der Waals surface area contributed by atoms with E-state index in [1.54, 1.807) is 24.3 Å². The average Bonchev–Trinajstić information content (AvgIpc) is 3.71. The summed E-state index contributed by atoms with van der Waals surface area (Å²) in [6.45, 7) is 0.0173. The second-order valence-electron chi connectivity index (χ2n) is 16.6. The number of ether oxygens (including phenoxy) is 10. The van der Waals surface area contributed by atoms with Crippen molar-refractivity contribution in [1.29, 1.82) is 0 Å². The normalized spacial score (nSPS) is 13.4. The lowest BCUT2D eigenvalue weighted by atomic mass is 10.0. The first kappa shape index (κ1) is 64.0. The fourth-order valence-electron chi connectivity index (χ4n) is 6.81. The van der Waals surface area contributed by atoms with Crippen LogP contribution in [0, 0.1) is 0 Å². The van der Waals surface area contributed by atoms with Gasteiger partial charge in [0.2, 0.25) is 48.4 Å². The summed E-state index contributed by atoms with van der Waals surface area (Å²) in [7, 11) is 3.34. The number of hydrogen-bond acceptors (Lipinski definition) is 24. The molecule has 0 heterocycles. The van der Waals surface area contributed by atoms with E-state index in [1.807, 2.05) is 10.6 Å². The molecule has 4 amide bonds. The lowest BCUT2D eigenvalue weighted by molar-refractivity contribution is -0.169. The van der Waals surface area contributed by atoms with Crippen LogP contribution in [-0.2, 0) is 85.7 Å². The van der Waals surface area contributed by atoms with Gasteiger partial charge in [-0.05, 0) is 62.4 Å². The van der Waals surface area contributed by atoms with Gasteiger partial charge in [0.25, 0.3) is 0 Å². The van der Waals surface area contributed by atoms with Crippen molar-refractivity contribution in [3.8, 4) is 0 Å². The van der Waals surface area contributed by atoms with Crippen LogP contribution in [0.25, 0.3) is 0 Å². The highest BCUT2D eigenvalue weighted by Crippen LogP contribution is 2.19. The number of rotatable bonds is 27. The van der Waals surface area contributed by atoms with Crippen molar-refractivity contribution in [2.75, 3.05) is 41.5 Å². The minimum absolute atomic E-state index is 0.0696. The number of amides is 4. The maximum Gasteiger partial charge on any atom is 0.408 e. The van der Waals surface area contributed by atoms with Crippen molar-refractivity contribution in [2.45, 2.75) is 62.6 Å². The minimum atomic E-state index is -2.50. The predicted octanol–water partition coefficient (Wildman–Crippen LogP) is 0.918. The first-order chi connectivity index (χ1) is 39.1. The maximum atomic E-state index is 13.9. The summed E-state index contributed by atoms with van der Waals surface area (Å²) >= 11 is 0. The molecule has 0 aliphatic heterocycles. The third kappa shape index (κ3) is 18.8. The Morgan fingerprint density at radius 3 is 0.780 bits per heavy atom. The maximum absolute atomic E-state index is 13.9. The second kappa shape index (κ2) is 31.8. The van der Waals surface area contributed by atoms with Crippen LogP contribution in [0.5, 0.6) is 0 Å². The van der Waals surface area contributed by atoms with Gasteiger partial charge >= 0.3 is 59.9 Å². The molecule has 0 bridgehead atoms. The molecule has 0 fully saturated rings. The van der Waals surface area contributed by atoms with Crippen LogP contribution in [-0.4, -0.2) is 174 Å².